The van der Waals surface area contributed by atoms with E-state index in [1.54, 1.807) is 12.1 Å². The van der Waals surface area contributed by atoms with Crippen LogP contribution in [0.15, 0.2) is 46.2 Å². The topological polar surface area (TPSA) is 44.0 Å². The van der Waals surface area contributed by atoms with Crippen LogP contribution < -0.4 is 10.9 Å². The highest BCUT2D eigenvalue weighted by molar-refractivity contribution is 6.21. The Labute approximate surface area is 152 Å². The van der Waals surface area contributed by atoms with E-state index in [0.717, 1.165) is 60.6 Å². The summed E-state index contributed by atoms with van der Waals surface area (Å²) < 4.78 is 4.24. The number of pyridine rings is 2. The van der Waals surface area contributed by atoms with Gasteiger partial charge in [-0.05, 0) is 25.0 Å². The van der Waals surface area contributed by atoms with Crippen molar-refractivity contribution in [3.63, 3.8) is 0 Å². The van der Waals surface area contributed by atoms with E-state index in [4.69, 9.17) is 0 Å². The monoisotopic (exact) mass is 348 g/mol. The Morgan fingerprint density at radius 3 is 1.54 bits per heavy atom. The van der Waals surface area contributed by atoms with Crippen LogP contribution in [0.3, 0.4) is 0 Å². The number of benzene rings is 2. The molecule has 0 aliphatic carbocycles. The molecule has 0 amide bonds. The Morgan fingerprint density at radius 2 is 1.15 bits per heavy atom. The van der Waals surface area contributed by atoms with E-state index in [-0.39, 0.29) is 10.9 Å². The summed E-state index contributed by atoms with van der Waals surface area (Å²) in [7, 11) is 0. The fraction of sp³-hybridized carbons (Fsp3) is 0.364. The van der Waals surface area contributed by atoms with E-state index in [1.165, 1.54) is 0 Å². The van der Waals surface area contributed by atoms with Gasteiger partial charge in [0.1, 0.15) is 0 Å². The summed E-state index contributed by atoms with van der Waals surface area (Å²) >= 11 is 0. The summed E-state index contributed by atoms with van der Waals surface area (Å²) in [4.78, 5) is 25.6. The molecule has 0 bridgehead atoms. The zero-order chi connectivity index (χ0) is 18.3. The number of aryl methyl sites for hydroxylation is 2. The summed E-state index contributed by atoms with van der Waals surface area (Å²) in [6, 6.07) is 7.23. The third-order valence-corrected chi connectivity index (χ3v) is 5.33. The average molecular weight is 348 g/mol. The van der Waals surface area contributed by atoms with Gasteiger partial charge in [-0.1, -0.05) is 26.7 Å². The SMILES string of the molecule is CCCCn1ccc2c(=O)cc3c4c(ccn3CCCC)c(=O)cc1c24. The first kappa shape index (κ1) is 16.8. The molecule has 0 saturated heterocycles. The lowest BCUT2D eigenvalue weighted by Gasteiger charge is -2.18. The van der Waals surface area contributed by atoms with Crippen molar-refractivity contribution in [1.29, 1.82) is 0 Å². The molecule has 0 N–H and O–H groups in total. The number of hydrogen-bond donors (Lipinski definition) is 0. The number of aromatic nitrogens is 2. The first-order valence-corrected chi connectivity index (χ1v) is 9.57. The highest BCUT2D eigenvalue weighted by Gasteiger charge is 2.16. The second-order valence-electron chi connectivity index (χ2n) is 7.09. The fourth-order valence-corrected chi connectivity index (χ4v) is 3.92. The van der Waals surface area contributed by atoms with Crippen molar-refractivity contribution in [2.75, 3.05) is 0 Å². The van der Waals surface area contributed by atoms with Gasteiger partial charge in [0.2, 0.25) is 0 Å². The number of hydrogen-bond acceptors (Lipinski definition) is 2. The Morgan fingerprint density at radius 1 is 0.731 bits per heavy atom. The van der Waals surface area contributed by atoms with Gasteiger partial charge in [-0.2, -0.15) is 0 Å². The summed E-state index contributed by atoms with van der Waals surface area (Å²) in [5, 5.41) is 3.29. The van der Waals surface area contributed by atoms with Gasteiger partial charge in [0.15, 0.2) is 10.9 Å². The maximum absolute atomic E-state index is 12.8. The fourth-order valence-electron chi connectivity index (χ4n) is 3.92. The second-order valence-corrected chi connectivity index (χ2v) is 7.09. The second kappa shape index (κ2) is 6.60. The normalized spacial score (nSPS) is 11.9. The van der Waals surface area contributed by atoms with Crippen molar-refractivity contribution < 1.29 is 0 Å². The van der Waals surface area contributed by atoms with Crippen LogP contribution in [0.1, 0.15) is 39.5 Å². The molecule has 4 heteroatoms. The van der Waals surface area contributed by atoms with Crippen molar-refractivity contribution in [2.45, 2.75) is 52.6 Å². The van der Waals surface area contributed by atoms with Crippen molar-refractivity contribution >= 4 is 32.6 Å². The Kier molecular flexibility index (Phi) is 4.27. The highest BCUT2D eigenvalue weighted by Crippen LogP contribution is 2.31. The molecule has 26 heavy (non-hydrogen) atoms. The third-order valence-electron chi connectivity index (χ3n) is 5.33. The Hall–Kier alpha value is -2.62. The van der Waals surface area contributed by atoms with E-state index in [0.29, 0.717) is 10.8 Å². The molecule has 0 fully saturated rings. The van der Waals surface area contributed by atoms with Gasteiger partial charge >= 0.3 is 0 Å². The van der Waals surface area contributed by atoms with Gasteiger partial charge in [0.05, 0.1) is 11.0 Å². The van der Waals surface area contributed by atoms with Crippen LogP contribution in [0.5, 0.6) is 0 Å². The molecular formula is C22H24N2O2. The molecule has 4 aromatic rings. The maximum Gasteiger partial charge on any atom is 0.188 e. The molecule has 0 aliphatic heterocycles. The van der Waals surface area contributed by atoms with E-state index in [1.807, 2.05) is 24.5 Å². The maximum atomic E-state index is 12.8. The average Bonchev–Trinajstić information content (AvgIpc) is 2.65. The molecule has 0 radical (unpaired) electrons. The van der Waals surface area contributed by atoms with Gasteiger partial charge in [-0.3, -0.25) is 9.59 Å². The van der Waals surface area contributed by atoms with Crippen molar-refractivity contribution in [3.8, 4) is 0 Å². The number of rotatable bonds is 6. The summed E-state index contributed by atoms with van der Waals surface area (Å²) in [5.74, 6) is 0. The number of unbranched alkanes of at least 4 members (excludes halogenated alkanes) is 2. The van der Waals surface area contributed by atoms with Crippen LogP contribution in [0.4, 0.5) is 0 Å². The summed E-state index contributed by atoms with van der Waals surface area (Å²) in [6.45, 7) is 6.02. The molecule has 0 atom stereocenters. The van der Waals surface area contributed by atoms with Crippen molar-refractivity contribution in [2.24, 2.45) is 0 Å². The minimum atomic E-state index is 0.0292. The molecule has 2 heterocycles. The van der Waals surface area contributed by atoms with Crippen molar-refractivity contribution in [3.05, 3.63) is 57.1 Å². The lowest BCUT2D eigenvalue weighted by atomic mass is 9.98. The minimum absolute atomic E-state index is 0.0292. The van der Waals surface area contributed by atoms with E-state index in [9.17, 15) is 9.59 Å². The molecule has 0 spiro atoms. The first-order chi connectivity index (χ1) is 12.7. The quantitative estimate of drug-likeness (QED) is 0.481. The van der Waals surface area contributed by atoms with E-state index >= 15 is 0 Å². The molecular weight excluding hydrogens is 324 g/mol. The standard InChI is InChI=1S/C22H24N2O2/c1-3-5-9-23-11-7-15-20(26)14-18-22-16(8-12-24(18)10-6-4-2)19(25)13-17(23)21(15)22/h7-8,11-14H,3-6,9-10H2,1-2H3. The van der Waals surface area contributed by atoms with Gasteiger partial charge in [0, 0.05) is 59.2 Å². The van der Waals surface area contributed by atoms with Crippen molar-refractivity contribution in [1.82, 2.24) is 9.13 Å². The zero-order valence-corrected chi connectivity index (χ0v) is 15.4. The molecule has 4 nitrogen and oxygen atoms in total. The van der Waals surface area contributed by atoms with Crippen LogP contribution >= 0.6 is 0 Å². The summed E-state index contributed by atoms with van der Waals surface area (Å²) in [6.07, 6.45) is 8.16. The number of nitrogens with zero attached hydrogens (tertiary/aromatic N) is 2. The summed E-state index contributed by atoms with van der Waals surface area (Å²) in [5.41, 5.74) is 1.82. The zero-order valence-electron chi connectivity index (χ0n) is 15.4. The molecule has 0 aliphatic rings. The largest absolute Gasteiger partial charge is 0.347 e. The molecule has 4 rings (SSSR count). The molecule has 0 saturated carbocycles. The van der Waals surface area contributed by atoms with E-state index < -0.39 is 0 Å². The molecule has 0 unspecified atom stereocenters. The Bertz CT molecular complexity index is 1100. The third kappa shape index (κ3) is 2.52. The van der Waals surface area contributed by atoms with Crippen LogP contribution in [-0.4, -0.2) is 9.13 Å². The molecule has 134 valence electrons. The van der Waals surface area contributed by atoms with E-state index in [2.05, 4.69) is 23.0 Å². The predicted octanol–water partition coefficient (Wildman–Crippen LogP) is 4.51. The van der Waals surface area contributed by atoms with Gasteiger partial charge in [-0.25, -0.2) is 0 Å². The van der Waals surface area contributed by atoms with Gasteiger partial charge in [0.25, 0.3) is 0 Å². The lowest BCUT2D eigenvalue weighted by Crippen LogP contribution is -2.13. The van der Waals surface area contributed by atoms with Crippen LogP contribution in [-0.2, 0) is 13.1 Å². The highest BCUT2D eigenvalue weighted by atomic mass is 16.1. The van der Waals surface area contributed by atoms with Gasteiger partial charge < -0.3 is 9.13 Å². The lowest BCUT2D eigenvalue weighted by molar-refractivity contribution is 0.645. The molecule has 2 aromatic heterocycles. The first-order valence-electron chi connectivity index (χ1n) is 9.57. The van der Waals surface area contributed by atoms with Crippen LogP contribution in [0.2, 0.25) is 0 Å². The smallest absolute Gasteiger partial charge is 0.188 e. The Balaban J connectivity index is 2.16. The minimum Gasteiger partial charge on any atom is -0.347 e. The molecule has 2 aromatic carbocycles. The van der Waals surface area contributed by atoms with Gasteiger partial charge in [-0.15, -0.1) is 0 Å². The predicted molar refractivity (Wildman–Crippen MR) is 108 cm³/mol. The van der Waals surface area contributed by atoms with Crippen LogP contribution in [0.25, 0.3) is 32.6 Å². The van der Waals surface area contributed by atoms with Crippen LogP contribution in [0, 0.1) is 0 Å².